The van der Waals surface area contributed by atoms with Crippen LogP contribution in [0.3, 0.4) is 0 Å². The van der Waals surface area contributed by atoms with Crippen LogP contribution in [0.1, 0.15) is 38.2 Å². The summed E-state index contributed by atoms with van der Waals surface area (Å²) in [5, 5.41) is 3.52. The van der Waals surface area contributed by atoms with Crippen LogP contribution < -0.4 is 5.32 Å². The minimum absolute atomic E-state index is 0.247. The van der Waals surface area contributed by atoms with Gasteiger partial charge in [0, 0.05) is 13.0 Å². The highest BCUT2D eigenvalue weighted by Crippen LogP contribution is 2.37. The van der Waals surface area contributed by atoms with Gasteiger partial charge in [0.25, 0.3) is 0 Å². The molecule has 1 aliphatic heterocycles. The van der Waals surface area contributed by atoms with E-state index in [1.54, 1.807) is 0 Å². The Morgan fingerprint density at radius 2 is 2.09 bits per heavy atom. The molecule has 3 heteroatoms. The van der Waals surface area contributed by atoms with Gasteiger partial charge in [-0.2, -0.15) is 0 Å². The fourth-order valence-electron chi connectivity index (χ4n) is 2.89. The second-order valence-corrected chi connectivity index (χ2v) is 6.20. The molecule has 1 fully saturated rings. The lowest BCUT2D eigenvalue weighted by molar-refractivity contribution is 0.116. The molecule has 1 atom stereocenters. The topological polar surface area (TPSA) is 30.5 Å². The number of nitrogens with one attached hydrogen (secondary N) is 1. The SMILES string of the molecule is CCOC(C1=CCC(CNCCCc2ccccc2)O1)=C1CC1. The molecule has 0 bridgehead atoms. The zero-order valence-electron chi connectivity index (χ0n) is 14.0. The van der Waals surface area contributed by atoms with Crippen molar-refractivity contribution in [1.82, 2.24) is 5.32 Å². The first-order chi connectivity index (χ1) is 11.4. The molecule has 0 radical (unpaired) electrons. The Morgan fingerprint density at radius 1 is 1.26 bits per heavy atom. The molecule has 23 heavy (non-hydrogen) atoms. The van der Waals surface area contributed by atoms with Crippen LogP contribution in [0.25, 0.3) is 0 Å². The molecule has 0 saturated heterocycles. The van der Waals surface area contributed by atoms with Crippen LogP contribution in [0, 0.1) is 0 Å². The van der Waals surface area contributed by atoms with Crippen molar-refractivity contribution in [3.05, 3.63) is 59.1 Å². The van der Waals surface area contributed by atoms with E-state index in [-0.39, 0.29) is 6.10 Å². The van der Waals surface area contributed by atoms with Gasteiger partial charge in [-0.3, -0.25) is 0 Å². The second kappa shape index (κ2) is 8.21. The molecular formula is C20H27NO2. The predicted octanol–water partition coefficient (Wildman–Crippen LogP) is 3.97. The molecule has 3 rings (SSSR count). The average molecular weight is 313 g/mol. The van der Waals surface area contributed by atoms with E-state index in [9.17, 15) is 0 Å². The normalized spacial score (nSPS) is 19.3. The highest BCUT2D eigenvalue weighted by atomic mass is 16.5. The molecule has 1 N–H and O–H groups in total. The van der Waals surface area contributed by atoms with Gasteiger partial charge in [0.15, 0.2) is 11.5 Å². The number of rotatable bonds is 9. The summed E-state index contributed by atoms with van der Waals surface area (Å²) in [6, 6.07) is 10.7. The van der Waals surface area contributed by atoms with Crippen LogP contribution in [-0.4, -0.2) is 25.8 Å². The van der Waals surface area contributed by atoms with Gasteiger partial charge < -0.3 is 14.8 Å². The Bertz CT molecular complexity index is 556. The van der Waals surface area contributed by atoms with Gasteiger partial charge in [-0.15, -0.1) is 0 Å². The number of ether oxygens (including phenoxy) is 2. The van der Waals surface area contributed by atoms with E-state index < -0.39 is 0 Å². The third kappa shape index (κ3) is 4.87. The van der Waals surface area contributed by atoms with E-state index in [1.165, 1.54) is 24.0 Å². The Morgan fingerprint density at radius 3 is 2.83 bits per heavy atom. The van der Waals surface area contributed by atoms with Crippen molar-refractivity contribution in [3.63, 3.8) is 0 Å². The highest BCUT2D eigenvalue weighted by Gasteiger charge is 2.27. The van der Waals surface area contributed by atoms with Crippen molar-refractivity contribution in [2.24, 2.45) is 0 Å². The van der Waals surface area contributed by atoms with Crippen molar-refractivity contribution >= 4 is 0 Å². The molecule has 1 saturated carbocycles. The summed E-state index contributed by atoms with van der Waals surface area (Å²) in [6.07, 6.45) is 8.03. The number of allylic oxidation sites excluding steroid dienone is 1. The van der Waals surface area contributed by atoms with Crippen molar-refractivity contribution in [1.29, 1.82) is 0 Å². The molecule has 1 aromatic carbocycles. The molecule has 124 valence electrons. The zero-order chi connectivity index (χ0) is 15.9. The summed E-state index contributed by atoms with van der Waals surface area (Å²) in [5.74, 6) is 1.98. The van der Waals surface area contributed by atoms with Gasteiger partial charge in [0.2, 0.25) is 0 Å². The van der Waals surface area contributed by atoms with Crippen molar-refractivity contribution < 1.29 is 9.47 Å². The maximum atomic E-state index is 6.06. The van der Waals surface area contributed by atoms with Crippen LogP contribution in [0.2, 0.25) is 0 Å². The molecule has 1 heterocycles. The van der Waals surface area contributed by atoms with Gasteiger partial charge in [-0.1, -0.05) is 30.3 Å². The minimum Gasteiger partial charge on any atom is -0.490 e. The summed E-state index contributed by atoms with van der Waals surface area (Å²) in [5.41, 5.74) is 2.82. The maximum Gasteiger partial charge on any atom is 0.160 e. The lowest BCUT2D eigenvalue weighted by Crippen LogP contribution is -2.27. The maximum absolute atomic E-state index is 6.06. The zero-order valence-corrected chi connectivity index (χ0v) is 14.0. The third-order valence-corrected chi connectivity index (χ3v) is 4.23. The van der Waals surface area contributed by atoms with E-state index >= 15 is 0 Å². The second-order valence-electron chi connectivity index (χ2n) is 6.20. The van der Waals surface area contributed by atoms with E-state index in [0.29, 0.717) is 6.61 Å². The molecule has 1 aromatic rings. The van der Waals surface area contributed by atoms with Gasteiger partial charge in [0.1, 0.15) is 6.10 Å². The quantitative estimate of drug-likeness (QED) is 0.553. The van der Waals surface area contributed by atoms with Gasteiger partial charge in [-0.25, -0.2) is 0 Å². The van der Waals surface area contributed by atoms with E-state index in [0.717, 1.165) is 43.9 Å². The first-order valence-corrected chi connectivity index (χ1v) is 8.83. The lowest BCUT2D eigenvalue weighted by Gasteiger charge is -2.16. The third-order valence-electron chi connectivity index (χ3n) is 4.23. The molecule has 1 unspecified atom stereocenters. The Kier molecular flexibility index (Phi) is 5.76. The smallest absolute Gasteiger partial charge is 0.160 e. The van der Waals surface area contributed by atoms with E-state index in [4.69, 9.17) is 9.47 Å². The first kappa shape index (κ1) is 16.1. The predicted molar refractivity (Wildman–Crippen MR) is 93.1 cm³/mol. The molecule has 0 aromatic heterocycles. The van der Waals surface area contributed by atoms with E-state index in [2.05, 4.69) is 41.7 Å². The Hall–Kier alpha value is -1.74. The number of aryl methyl sites for hydroxylation is 1. The summed E-state index contributed by atoms with van der Waals surface area (Å²) in [6.45, 7) is 4.68. The number of hydrogen-bond acceptors (Lipinski definition) is 3. The lowest BCUT2D eigenvalue weighted by atomic mass is 10.1. The number of benzene rings is 1. The van der Waals surface area contributed by atoms with Crippen LogP contribution in [-0.2, 0) is 15.9 Å². The van der Waals surface area contributed by atoms with Crippen molar-refractivity contribution in [2.45, 2.75) is 45.1 Å². The van der Waals surface area contributed by atoms with Gasteiger partial charge in [0.05, 0.1) is 6.61 Å². The number of hydrogen-bond donors (Lipinski definition) is 1. The summed E-state index contributed by atoms with van der Waals surface area (Å²) in [7, 11) is 0. The fourth-order valence-corrected chi connectivity index (χ4v) is 2.89. The largest absolute Gasteiger partial charge is 0.490 e. The highest BCUT2D eigenvalue weighted by molar-refractivity contribution is 5.34. The Labute approximate surface area is 139 Å². The van der Waals surface area contributed by atoms with Crippen LogP contribution in [0.4, 0.5) is 0 Å². The van der Waals surface area contributed by atoms with Crippen LogP contribution in [0.5, 0.6) is 0 Å². The molecule has 3 nitrogen and oxygen atoms in total. The summed E-state index contributed by atoms with van der Waals surface area (Å²) < 4.78 is 11.8. The average Bonchev–Trinajstić information content (AvgIpc) is 3.32. The van der Waals surface area contributed by atoms with Crippen LogP contribution >= 0.6 is 0 Å². The van der Waals surface area contributed by atoms with Gasteiger partial charge in [-0.05, 0) is 56.4 Å². The molecule has 2 aliphatic rings. The van der Waals surface area contributed by atoms with Crippen molar-refractivity contribution in [3.8, 4) is 0 Å². The monoisotopic (exact) mass is 313 g/mol. The Balaban J connectivity index is 1.33. The standard InChI is InChI=1S/C20H27NO2/c1-2-22-20(17-10-11-17)19-13-12-18(23-19)15-21-14-6-9-16-7-4-3-5-8-16/h3-5,7-8,13,18,21H,2,6,9-12,14-15H2,1H3. The van der Waals surface area contributed by atoms with Gasteiger partial charge >= 0.3 is 0 Å². The minimum atomic E-state index is 0.247. The fraction of sp³-hybridized carbons (Fsp3) is 0.500. The summed E-state index contributed by atoms with van der Waals surface area (Å²) >= 11 is 0. The summed E-state index contributed by atoms with van der Waals surface area (Å²) in [4.78, 5) is 0. The van der Waals surface area contributed by atoms with E-state index in [1.807, 2.05) is 6.92 Å². The molecule has 1 aliphatic carbocycles. The molecule has 0 amide bonds. The first-order valence-electron chi connectivity index (χ1n) is 8.83. The molecule has 0 spiro atoms. The van der Waals surface area contributed by atoms with Crippen LogP contribution in [0.15, 0.2) is 53.5 Å². The van der Waals surface area contributed by atoms with Crippen molar-refractivity contribution in [2.75, 3.05) is 19.7 Å². The molecular weight excluding hydrogens is 286 g/mol.